The molecular weight excluding hydrogens is 304 g/mol. The molecule has 1 aliphatic rings. The Kier molecular flexibility index (Phi) is 5.33. The van der Waals surface area contributed by atoms with E-state index in [0.29, 0.717) is 32.6 Å². The molecule has 0 aliphatic carbocycles. The number of nitrogens with one attached hydrogen (secondary N) is 2. The monoisotopic (exact) mass is 328 g/mol. The van der Waals surface area contributed by atoms with Crippen molar-refractivity contribution in [3.63, 3.8) is 0 Å². The lowest BCUT2D eigenvalue weighted by Gasteiger charge is -2.32. The lowest BCUT2D eigenvalue weighted by atomic mass is 9.94. The number of ether oxygens (including phenoxy) is 1. The van der Waals surface area contributed by atoms with Crippen LogP contribution in [0.4, 0.5) is 4.79 Å². The molecule has 2 aromatic carbocycles. The molecule has 2 amide bonds. The Labute approximate surface area is 142 Å². The van der Waals surface area contributed by atoms with Gasteiger partial charge in [0.05, 0.1) is 5.60 Å². The lowest BCUT2D eigenvalue weighted by Crippen LogP contribution is -2.49. The predicted molar refractivity (Wildman–Crippen MR) is 94.1 cm³/mol. The largest absolute Gasteiger partial charge is 0.388 e. The van der Waals surface area contributed by atoms with Gasteiger partial charge in [-0.2, -0.15) is 0 Å². The number of amides is 2. The fraction of sp³-hybridized carbons (Fsp3) is 0.421. The highest BCUT2D eigenvalue weighted by Crippen LogP contribution is 2.19. The van der Waals surface area contributed by atoms with Crippen LogP contribution in [0, 0.1) is 0 Å². The van der Waals surface area contributed by atoms with Crippen LogP contribution >= 0.6 is 0 Å². The number of hydrogen-bond donors (Lipinski definition) is 3. The van der Waals surface area contributed by atoms with Gasteiger partial charge in [0.25, 0.3) is 0 Å². The van der Waals surface area contributed by atoms with Gasteiger partial charge in [0.1, 0.15) is 0 Å². The molecule has 1 saturated heterocycles. The summed E-state index contributed by atoms with van der Waals surface area (Å²) in [7, 11) is 0. The number of rotatable bonds is 5. The fourth-order valence-corrected chi connectivity index (χ4v) is 2.95. The van der Waals surface area contributed by atoms with Crippen molar-refractivity contribution >= 4 is 16.8 Å². The second-order valence-electron chi connectivity index (χ2n) is 6.38. The molecule has 128 valence electrons. The summed E-state index contributed by atoms with van der Waals surface area (Å²) in [6.07, 6.45) is 1.89. The zero-order valence-electron chi connectivity index (χ0n) is 13.8. The Bertz CT molecular complexity index is 696. The van der Waals surface area contributed by atoms with Crippen molar-refractivity contribution in [2.24, 2.45) is 0 Å². The summed E-state index contributed by atoms with van der Waals surface area (Å²) >= 11 is 0. The van der Waals surface area contributed by atoms with Gasteiger partial charge in [0.15, 0.2) is 0 Å². The van der Waals surface area contributed by atoms with Crippen LogP contribution in [0.25, 0.3) is 10.8 Å². The van der Waals surface area contributed by atoms with Gasteiger partial charge < -0.3 is 20.5 Å². The molecule has 0 bridgehead atoms. The first kappa shape index (κ1) is 16.7. The van der Waals surface area contributed by atoms with Crippen LogP contribution in [0.1, 0.15) is 18.4 Å². The molecule has 5 nitrogen and oxygen atoms in total. The molecule has 5 heteroatoms. The first-order chi connectivity index (χ1) is 11.6. The summed E-state index contributed by atoms with van der Waals surface area (Å²) in [4.78, 5) is 11.9. The number of aliphatic hydroxyl groups is 1. The second-order valence-corrected chi connectivity index (χ2v) is 6.38. The summed E-state index contributed by atoms with van der Waals surface area (Å²) in [5, 5.41) is 18.3. The van der Waals surface area contributed by atoms with Crippen molar-refractivity contribution in [1.29, 1.82) is 0 Å². The standard InChI is InChI=1S/C19H24N2O3/c22-18(21-14-19(23)8-11-24-12-9-19)20-10-7-15-5-6-16-3-1-2-4-17(16)13-15/h1-6,13,23H,7-12,14H2,(H2,20,21,22). The van der Waals surface area contributed by atoms with E-state index in [9.17, 15) is 9.90 Å². The fourth-order valence-electron chi connectivity index (χ4n) is 2.95. The molecule has 0 aromatic heterocycles. The van der Waals surface area contributed by atoms with Crippen molar-refractivity contribution in [1.82, 2.24) is 10.6 Å². The molecule has 2 aromatic rings. The zero-order valence-corrected chi connectivity index (χ0v) is 13.8. The molecule has 0 atom stereocenters. The maximum Gasteiger partial charge on any atom is 0.314 e. The van der Waals surface area contributed by atoms with Gasteiger partial charge >= 0.3 is 6.03 Å². The average molecular weight is 328 g/mol. The Morgan fingerprint density at radius 3 is 2.62 bits per heavy atom. The van der Waals surface area contributed by atoms with Gasteiger partial charge in [-0.25, -0.2) is 4.79 Å². The highest BCUT2D eigenvalue weighted by atomic mass is 16.5. The number of benzene rings is 2. The number of hydrogen-bond acceptors (Lipinski definition) is 3. The first-order valence-corrected chi connectivity index (χ1v) is 8.44. The topological polar surface area (TPSA) is 70.6 Å². The smallest absolute Gasteiger partial charge is 0.314 e. The highest BCUT2D eigenvalue weighted by Gasteiger charge is 2.29. The minimum Gasteiger partial charge on any atom is -0.388 e. The Morgan fingerprint density at radius 1 is 1.08 bits per heavy atom. The molecule has 1 heterocycles. The van der Waals surface area contributed by atoms with Gasteiger partial charge in [-0.15, -0.1) is 0 Å². The quantitative estimate of drug-likeness (QED) is 0.788. The minimum absolute atomic E-state index is 0.240. The molecule has 0 spiro atoms. The maximum atomic E-state index is 11.9. The number of carbonyl (C=O) groups is 1. The number of carbonyl (C=O) groups excluding carboxylic acids is 1. The van der Waals surface area contributed by atoms with Gasteiger partial charge in [0.2, 0.25) is 0 Å². The number of urea groups is 1. The zero-order chi connectivity index (χ0) is 16.8. The van der Waals surface area contributed by atoms with Crippen LogP contribution in [0.2, 0.25) is 0 Å². The van der Waals surface area contributed by atoms with Crippen molar-refractivity contribution in [3.05, 3.63) is 48.0 Å². The van der Waals surface area contributed by atoms with E-state index in [0.717, 1.165) is 6.42 Å². The van der Waals surface area contributed by atoms with Gasteiger partial charge in [-0.3, -0.25) is 0 Å². The van der Waals surface area contributed by atoms with Crippen LogP contribution in [0.5, 0.6) is 0 Å². The molecule has 3 N–H and O–H groups in total. The van der Waals surface area contributed by atoms with Crippen molar-refractivity contribution in [2.75, 3.05) is 26.3 Å². The highest BCUT2D eigenvalue weighted by molar-refractivity contribution is 5.83. The minimum atomic E-state index is -0.839. The van der Waals surface area contributed by atoms with Gasteiger partial charge in [-0.05, 0) is 22.8 Å². The average Bonchev–Trinajstić information content (AvgIpc) is 2.61. The second kappa shape index (κ2) is 7.64. The summed E-state index contributed by atoms with van der Waals surface area (Å²) in [5.41, 5.74) is 0.352. The van der Waals surface area contributed by atoms with Crippen molar-refractivity contribution < 1.29 is 14.6 Å². The lowest BCUT2D eigenvalue weighted by molar-refractivity contribution is -0.0600. The molecule has 0 radical (unpaired) electrons. The summed E-state index contributed by atoms with van der Waals surface area (Å²) in [5.74, 6) is 0. The molecule has 24 heavy (non-hydrogen) atoms. The maximum absolute atomic E-state index is 11.9. The first-order valence-electron chi connectivity index (χ1n) is 8.44. The molecule has 1 fully saturated rings. The number of fused-ring (bicyclic) bond motifs is 1. The van der Waals surface area contributed by atoms with Crippen LogP contribution in [0.15, 0.2) is 42.5 Å². The van der Waals surface area contributed by atoms with Gasteiger partial charge in [0, 0.05) is 39.1 Å². The Hall–Kier alpha value is -2.11. The van der Waals surface area contributed by atoms with Crippen LogP contribution in [-0.4, -0.2) is 43.0 Å². The third-order valence-electron chi connectivity index (χ3n) is 4.51. The Balaban J connectivity index is 1.42. The molecule has 3 rings (SSSR count). The van der Waals surface area contributed by atoms with Crippen LogP contribution in [-0.2, 0) is 11.2 Å². The Morgan fingerprint density at radius 2 is 1.83 bits per heavy atom. The SMILES string of the molecule is O=C(NCCc1ccc2ccccc2c1)NCC1(O)CCOCC1. The van der Waals surface area contributed by atoms with E-state index in [1.807, 2.05) is 12.1 Å². The molecule has 0 unspecified atom stereocenters. The molecular formula is C19H24N2O3. The molecule has 0 saturated carbocycles. The van der Waals surface area contributed by atoms with Crippen molar-refractivity contribution in [3.8, 4) is 0 Å². The van der Waals surface area contributed by atoms with E-state index in [4.69, 9.17) is 4.74 Å². The predicted octanol–water partition coefficient (Wildman–Crippen LogP) is 2.22. The van der Waals surface area contributed by atoms with Crippen LogP contribution < -0.4 is 10.6 Å². The van der Waals surface area contributed by atoms with E-state index in [2.05, 4.69) is 41.0 Å². The van der Waals surface area contributed by atoms with E-state index in [1.165, 1.54) is 16.3 Å². The van der Waals surface area contributed by atoms with E-state index >= 15 is 0 Å². The molecule has 1 aliphatic heterocycles. The van der Waals surface area contributed by atoms with E-state index in [-0.39, 0.29) is 12.6 Å². The van der Waals surface area contributed by atoms with E-state index < -0.39 is 5.60 Å². The van der Waals surface area contributed by atoms with Crippen LogP contribution in [0.3, 0.4) is 0 Å². The normalized spacial score (nSPS) is 16.7. The summed E-state index contributed by atoms with van der Waals surface area (Å²) in [6.45, 7) is 1.91. The van der Waals surface area contributed by atoms with Crippen molar-refractivity contribution in [2.45, 2.75) is 24.9 Å². The third kappa shape index (κ3) is 4.46. The summed E-state index contributed by atoms with van der Waals surface area (Å²) in [6, 6.07) is 14.3. The van der Waals surface area contributed by atoms with Gasteiger partial charge in [-0.1, -0.05) is 42.5 Å². The third-order valence-corrected chi connectivity index (χ3v) is 4.51. The van der Waals surface area contributed by atoms with E-state index in [1.54, 1.807) is 0 Å². The summed E-state index contributed by atoms with van der Waals surface area (Å²) < 4.78 is 5.23.